The van der Waals surface area contributed by atoms with Crippen molar-refractivity contribution in [3.63, 3.8) is 0 Å². The van der Waals surface area contributed by atoms with Gasteiger partial charge in [-0.25, -0.2) is 0 Å². The number of aromatic hydroxyl groups is 1. The van der Waals surface area contributed by atoms with E-state index < -0.39 is 0 Å². The van der Waals surface area contributed by atoms with Crippen molar-refractivity contribution in [2.24, 2.45) is 5.41 Å². The lowest BCUT2D eigenvalue weighted by atomic mass is 10.1. The fourth-order valence-corrected chi connectivity index (χ4v) is 3.99. The molecule has 1 aliphatic carbocycles. The molecule has 1 fully saturated rings. The Bertz CT molecular complexity index is 1020. The third-order valence-electron chi connectivity index (χ3n) is 5.02. The van der Waals surface area contributed by atoms with Crippen molar-refractivity contribution in [1.29, 1.82) is 0 Å². The van der Waals surface area contributed by atoms with Gasteiger partial charge in [-0.2, -0.15) is 0 Å². The molecule has 0 atom stereocenters. The minimum absolute atomic E-state index is 0.0495. The molecular weight excluding hydrogens is 360 g/mol. The third-order valence-corrected chi connectivity index (χ3v) is 6.12. The summed E-state index contributed by atoms with van der Waals surface area (Å²) in [7, 11) is 0. The van der Waals surface area contributed by atoms with E-state index in [4.69, 9.17) is 0 Å². The molecule has 27 heavy (non-hydrogen) atoms. The van der Waals surface area contributed by atoms with Crippen molar-refractivity contribution >= 4 is 35.0 Å². The standard InChI is InChI=1S/C21H20N2O3S/c1-21(7-8-21)20(26)22-12-16-10-14-9-15(13-24)19(25)11-18(14)23(16)27-17-5-3-2-4-6-17/h2-6,9-11,13,25H,7-8,12H2,1H3,(H,22,26). The number of hydrogen-bond donors (Lipinski definition) is 2. The second-order valence-corrected chi connectivity index (χ2v) is 8.18. The molecule has 0 bridgehead atoms. The maximum atomic E-state index is 12.3. The molecule has 6 heteroatoms. The summed E-state index contributed by atoms with van der Waals surface area (Å²) in [4.78, 5) is 24.5. The molecule has 0 radical (unpaired) electrons. The van der Waals surface area contributed by atoms with Gasteiger partial charge in [0.25, 0.3) is 0 Å². The smallest absolute Gasteiger partial charge is 0.226 e. The Hall–Kier alpha value is -2.73. The van der Waals surface area contributed by atoms with E-state index in [1.54, 1.807) is 12.1 Å². The summed E-state index contributed by atoms with van der Waals surface area (Å²) in [5.41, 5.74) is 1.73. The average Bonchev–Trinajstić information content (AvgIpc) is 3.35. The lowest BCUT2D eigenvalue weighted by Gasteiger charge is -2.13. The summed E-state index contributed by atoms with van der Waals surface area (Å²) in [6.07, 6.45) is 2.50. The number of amides is 1. The van der Waals surface area contributed by atoms with E-state index in [0.717, 1.165) is 34.3 Å². The lowest BCUT2D eigenvalue weighted by Crippen LogP contribution is -2.30. The van der Waals surface area contributed by atoms with E-state index in [1.165, 1.54) is 11.9 Å². The summed E-state index contributed by atoms with van der Waals surface area (Å²) >= 11 is 1.51. The first kappa shape index (κ1) is 17.7. The molecule has 4 rings (SSSR count). The van der Waals surface area contributed by atoms with Crippen molar-refractivity contribution in [3.05, 3.63) is 59.8 Å². The Morgan fingerprint density at radius 1 is 1.26 bits per heavy atom. The highest BCUT2D eigenvalue weighted by Crippen LogP contribution is 2.45. The number of aldehydes is 1. The van der Waals surface area contributed by atoms with Crippen LogP contribution in [0.5, 0.6) is 5.75 Å². The van der Waals surface area contributed by atoms with Crippen molar-refractivity contribution < 1.29 is 14.7 Å². The second-order valence-electron chi connectivity index (χ2n) is 7.17. The van der Waals surface area contributed by atoms with Crippen LogP contribution in [0, 0.1) is 5.41 Å². The quantitative estimate of drug-likeness (QED) is 0.631. The van der Waals surface area contributed by atoms with E-state index in [2.05, 4.69) is 5.32 Å². The highest BCUT2D eigenvalue weighted by atomic mass is 32.2. The normalized spacial score (nSPS) is 14.9. The van der Waals surface area contributed by atoms with Crippen LogP contribution < -0.4 is 5.32 Å². The fourth-order valence-electron chi connectivity index (χ4n) is 3.01. The lowest BCUT2D eigenvalue weighted by molar-refractivity contribution is -0.125. The van der Waals surface area contributed by atoms with Gasteiger partial charge in [0.05, 0.1) is 23.3 Å². The number of phenols is 1. The number of hydrogen-bond acceptors (Lipinski definition) is 4. The van der Waals surface area contributed by atoms with Crippen LogP contribution in [-0.4, -0.2) is 21.3 Å². The number of rotatable bonds is 6. The van der Waals surface area contributed by atoms with Gasteiger partial charge in [-0.15, -0.1) is 0 Å². The van der Waals surface area contributed by atoms with Crippen molar-refractivity contribution in [2.75, 3.05) is 0 Å². The molecule has 5 nitrogen and oxygen atoms in total. The SMILES string of the molecule is CC1(C(=O)NCc2cc3cc(C=O)c(O)cc3n2Sc2ccccc2)CC1. The molecule has 1 saturated carbocycles. The van der Waals surface area contributed by atoms with Gasteiger partial charge in [0.1, 0.15) is 5.75 Å². The van der Waals surface area contributed by atoms with Gasteiger partial charge in [-0.1, -0.05) is 25.1 Å². The van der Waals surface area contributed by atoms with Gasteiger partial charge >= 0.3 is 0 Å². The molecule has 1 aromatic heterocycles. The zero-order chi connectivity index (χ0) is 19.0. The van der Waals surface area contributed by atoms with Crippen LogP contribution in [-0.2, 0) is 11.3 Å². The zero-order valence-electron chi connectivity index (χ0n) is 14.9. The molecule has 0 spiro atoms. The van der Waals surface area contributed by atoms with Crippen LogP contribution in [0.3, 0.4) is 0 Å². The zero-order valence-corrected chi connectivity index (χ0v) is 15.8. The van der Waals surface area contributed by atoms with Gasteiger partial charge in [-0.05, 0) is 49.1 Å². The van der Waals surface area contributed by atoms with Gasteiger partial charge in [0, 0.05) is 21.8 Å². The number of fused-ring (bicyclic) bond motifs is 1. The van der Waals surface area contributed by atoms with Crippen molar-refractivity contribution in [1.82, 2.24) is 9.29 Å². The number of carbonyl (C=O) groups is 2. The van der Waals surface area contributed by atoms with Crippen LogP contribution in [0.1, 0.15) is 35.8 Å². The van der Waals surface area contributed by atoms with Gasteiger partial charge < -0.3 is 10.4 Å². The molecule has 138 valence electrons. The summed E-state index contributed by atoms with van der Waals surface area (Å²) < 4.78 is 1.99. The van der Waals surface area contributed by atoms with Gasteiger partial charge in [0.15, 0.2) is 6.29 Å². The number of nitrogens with one attached hydrogen (secondary N) is 1. The fraction of sp³-hybridized carbons (Fsp3) is 0.238. The number of aromatic nitrogens is 1. The molecular formula is C21H20N2O3S. The van der Waals surface area contributed by atoms with E-state index in [-0.39, 0.29) is 22.6 Å². The summed E-state index contributed by atoms with van der Waals surface area (Å²) in [6.45, 7) is 2.37. The van der Waals surface area contributed by atoms with Gasteiger partial charge in [-0.3, -0.25) is 13.6 Å². The van der Waals surface area contributed by atoms with E-state index in [9.17, 15) is 14.7 Å². The first-order valence-electron chi connectivity index (χ1n) is 8.84. The molecule has 0 unspecified atom stereocenters. The molecule has 3 aromatic rings. The number of benzene rings is 2. The van der Waals surface area contributed by atoms with Gasteiger partial charge in [0.2, 0.25) is 5.91 Å². The van der Waals surface area contributed by atoms with Crippen LogP contribution in [0.2, 0.25) is 0 Å². The molecule has 1 amide bonds. The predicted molar refractivity (Wildman–Crippen MR) is 106 cm³/mol. The highest BCUT2D eigenvalue weighted by Gasteiger charge is 2.44. The summed E-state index contributed by atoms with van der Waals surface area (Å²) in [6, 6.07) is 15.1. The second kappa shape index (κ2) is 6.78. The highest BCUT2D eigenvalue weighted by molar-refractivity contribution is 7.98. The van der Waals surface area contributed by atoms with Crippen molar-refractivity contribution in [3.8, 4) is 5.75 Å². The van der Waals surface area contributed by atoms with E-state index in [0.29, 0.717) is 12.8 Å². The molecule has 0 aliphatic heterocycles. The Balaban J connectivity index is 1.72. The molecule has 1 heterocycles. The minimum Gasteiger partial charge on any atom is -0.507 e. The summed E-state index contributed by atoms with van der Waals surface area (Å²) in [5.74, 6) is 0.0204. The van der Waals surface area contributed by atoms with Crippen molar-refractivity contribution in [2.45, 2.75) is 31.2 Å². The number of carbonyl (C=O) groups excluding carboxylic acids is 2. The first-order chi connectivity index (χ1) is 13.0. The Labute approximate surface area is 161 Å². The topological polar surface area (TPSA) is 71.3 Å². The molecule has 2 N–H and O–H groups in total. The Kier molecular flexibility index (Phi) is 4.44. The minimum atomic E-state index is -0.230. The Morgan fingerprint density at radius 3 is 2.67 bits per heavy atom. The summed E-state index contributed by atoms with van der Waals surface area (Å²) in [5, 5.41) is 14.0. The largest absolute Gasteiger partial charge is 0.507 e. The number of nitrogens with zero attached hydrogens (tertiary/aromatic N) is 1. The third kappa shape index (κ3) is 3.45. The molecule has 0 saturated heterocycles. The first-order valence-corrected chi connectivity index (χ1v) is 9.62. The molecule has 1 aliphatic rings. The van der Waals surface area contributed by atoms with Crippen LogP contribution in [0.25, 0.3) is 10.9 Å². The van der Waals surface area contributed by atoms with E-state index >= 15 is 0 Å². The maximum Gasteiger partial charge on any atom is 0.226 e. The van der Waals surface area contributed by atoms with E-state index in [1.807, 2.05) is 47.3 Å². The Morgan fingerprint density at radius 2 is 2.00 bits per heavy atom. The predicted octanol–water partition coefficient (Wildman–Crippen LogP) is 4.13. The van der Waals surface area contributed by atoms with Crippen LogP contribution in [0.15, 0.2) is 53.4 Å². The maximum absolute atomic E-state index is 12.3. The average molecular weight is 380 g/mol. The number of phenolic OH excluding ortho intramolecular Hbond substituents is 1. The van der Waals surface area contributed by atoms with Crippen LogP contribution >= 0.6 is 11.9 Å². The molecule has 2 aromatic carbocycles. The van der Waals surface area contributed by atoms with Crippen LogP contribution in [0.4, 0.5) is 0 Å². The monoisotopic (exact) mass is 380 g/mol.